The van der Waals surface area contributed by atoms with E-state index in [1.54, 1.807) is 12.1 Å². The van der Waals surface area contributed by atoms with Gasteiger partial charge in [-0.1, -0.05) is 11.6 Å². The number of primary amides is 1. The molecule has 0 aromatic heterocycles. The number of carbonyl (C=O) groups is 1. The highest BCUT2D eigenvalue weighted by Gasteiger charge is 2.01. The summed E-state index contributed by atoms with van der Waals surface area (Å²) in [5, 5.41) is 2.72. The summed E-state index contributed by atoms with van der Waals surface area (Å²) in [7, 11) is 0. The van der Waals surface area contributed by atoms with Crippen molar-refractivity contribution in [2.45, 2.75) is 0 Å². The van der Waals surface area contributed by atoms with Gasteiger partial charge in [0.05, 0.1) is 10.7 Å². The first kappa shape index (κ1) is 8.67. The highest BCUT2D eigenvalue weighted by Crippen LogP contribution is 2.23. The Bertz CT molecular complexity index is 314. The smallest absolute Gasteiger partial charge is 0.316 e. The minimum Gasteiger partial charge on any atom is -0.399 e. The van der Waals surface area contributed by atoms with Crippen LogP contribution in [0, 0.1) is 0 Å². The van der Waals surface area contributed by atoms with E-state index >= 15 is 0 Å². The number of carbonyl (C=O) groups excluding carboxylic acids is 1. The van der Waals surface area contributed by atoms with E-state index in [9.17, 15) is 4.79 Å². The van der Waals surface area contributed by atoms with E-state index < -0.39 is 6.03 Å². The second kappa shape index (κ2) is 3.32. The molecule has 1 aromatic carbocycles. The molecular formula is C7H8ClN3O. The normalized spacial score (nSPS) is 9.42. The van der Waals surface area contributed by atoms with Crippen LogP contribution >= 0.6 is 11.6 Å². The van der Waals surface area contributed by atoms with Crippen molar-refractivity contribution in [1.82, 2.24) is 0 Å². The number of nitrogens with two attached hydrogens (primary N) is 2. The summed E-state index contributed by atoms with van der Waals surface area (Å²) in [6.45, 7) is 0. The number of amides is 2. The highest BCUT2D eigenvalue weighted by atomic mass is 35.5. The molecule has 0 saturated carbocycles. The van der Waals surface area contributed by atoms with Gasteiger partial charge in [0.2, 0.25) is 0 Å². The molecule has 0 aliphatic carbocycles. The van der Waals surface area contributed by atoms with Gasteiger partial charge in [0.1, 0.15) is 0 Å². The third kappa shape index (κ3) is 2.03. The molecule has 5 heteroatoms. The van der Waals surface area contributed by atoms with Crippen LogP contribution in [0.2, 0.25) is 5.02 Å². The van der Waals surface area contributed by atoms with Crippen molar-refractivity contribution in [3.8, 4) is 0 Å². The van der Waals surface area contributed by atoms with Crippen LogP contribution < -0.4 is 16.8 Å². The topological polar surface area (TPSA) is 81.1 Å². The van der Waals surface area contributed by atoms with Crippen molar-refractivity contribution >= 4 is 29.0 Å². The summed E-state index contributed by atoms with van der Waals surface area (Å²) in [6.07, 6.45) is 0. The van der Waals surface area contributed by atoms with Gasteiger partial charge in [-0.25, -0.2) is 4.79 Å². The molecule has 0 aliphatic heterocycles. The SMILES string of the molecule is NC(=O)Nc1ccc(N)cc1Cl. The van der Waals surface area contributed by atoms with Gasteiger partial charge in [0.15, 0.2) is 0 Å². The fraction of sp³-hybridized carbons (Fsp3) is 0. The molecule has 1 rings (SSSR count). The van der Waals surface area contributed by atoms with Gasteiger partial charge in [-0.15, -0.1) is 0 Å². The summed E-state index contributed by atoms with van der Waals surface area (Å²) in [4.78, 5) is 10.4. The Morgan fingerprint density at radius 2 is 2.17 bits per heavy atom. The van der Waals surface area contributed by atoms with Gasteiger partial charge in [-0.05, 0) is 18.2 Å². The minimum absolute atomic E-state index is 0.369. The van der Waals surface area contributed by atoms with Gasteiger partial charge in [0, 0.05) is 5.69 Å². The molecular weight excluding hydrogens is 178 g/mol. The zero-order valence-electron chi connectivity index (χ0n) is 6.17. The van der Waals surface area contributed by atoms with Crippen LogP contribution in [0.25, 0.3) is 0 Å². The number of urea groups is 1. The van der Waals surface area contributed by atoms with E-state index in [1.165, 1.54) is 6.07 Å². The second-order valence-corrected chi connectivity index (χ2v) is 2.64. The van der Waals surface area contributed by atoms with Gasteiger partial charge in [-0.2, -0.15) is 0 Å². The number of hydrogen-bond donors (Lipinski definition) is 3. The number of anilines is 2. The molecule has 1 aromatic rings. The van der Waals surface area contributed by atoms with E-state index in [0.29, 0.717) is 16.4 Å². The molecule has 64 valence electrons. The number of benzene rings is 1. The van der Waals surface area contributed by atoms with Crippen molar-refractivity contribution < 1.29 is 4.79 Å². The Hall–Kier alpha value is -1.42. The van der Waals surface area contributed by atoms with Crippen molar-refractivity contribution in [1.29, 1.82) is 0 Å². The third-order valence-corrected chi connectivity index (χ3v) is 1.56. The summed E-state index contributed by atoms with van der Waals surface area (Å²) in [5.41, 5.74) is 11.3. The lowest BCUT2D eigenvalue weighted by molar-refractivity contribution is 0.259. The molecule has 0 spiro atoms. The lowest BCUT2D eigenvalue weighted by Gasteiger charge is -2.04. The molecule has 12 heavy (non-hydrogen) atoms. The molecule has 0 bridgehead atoms. The third-order valence-electron chi connectivity index (χ3n) is 1.25. The minimum atomic E-state index is -0.651. The van der Waals surface area contributed by atoms with Crippen LogP contribution in [0.1, 0.15) is 0 Å². The van der Waals surface area contributed by atoms with Gasteiger partial charge in [-0.3, -0.25) is 0 Å². The Morgan fingerprint density at radius 3 is 2.67 bits per heavy atom. The quantitative estimate of drug-likeness (QED) is 0.579. The molecule has 0 saturated heterocycles. The summed E-state index contributed by atoms with van der Waals surface area (Å²) in [6, 6.07) is 4.09. The van der Waals surface area contributed by atoms with Crippen LogP contribution in [0.15, 0.2) is 18.2 Å². The predicted molar refractivity (Wildman–Crippen MR) is 49.1 cm³/mol. The number of halogens is 1. The molecule has 0 unspecified atom stereocenters. The fourth-order valence-corrected chi connectivity index (χ4v) is 1.00. The lowest BCUT2D eigenvalue weighted by Crippen LogP contribution is -2.19. The van der Waals surface area contributed by atoms with Gasteiger partial charge >= 0.3 is 6.03 Å². The fourth-order valence-electron chi connectivity index (χ4n) is 0.765. The van der Waals surface area contributed by atoms with E-state index in [1.807, 2.05) is 0 Å². The number of nitrogens with one attached hydrogen (secondary N) is 1. The Morgan fingerprint density at radius 1 is 1.50 bits per heavy atom. The van der Waals surface area contributed by atoms with Crippen LogP contribution in [0.5, 0.6) is 0 Å². The van der Waals surface area contributed by atoms with Crippen LogP contribution in [0.4, 0.5) is 16.2 Å². The number of rotatable bonds is 1. The maximum absolute atomic E-state index is 10.4. The molecule has 4 nitrogen and oxygen atoms in total. The maximum atomic E-state index is 10.4. The van der Waals surface area contributed by atoms with Crippen LogP contribution in [-0.2, 0) is 0 Å². The van der Waals surface area contributed by atoms with E-state index in [0.717, 1.165) is 0 Å². The molecule has 5 N–H and O–H groups in total. The standard InChI is InChI=1S/C7H8ClN3O/c8-5-3-4(9)1-2-6(5)11-7(10)12/h1-3H,9H2,(H3,10,11,12). The molecule has 0 atom stereocenters. The summed E-state index contributed by atoms with van der Waals surface area (Å²) in [5.74, 6) is 0. The predicted octanol–water partition coefficient (Wildman–Crippen LogP) is 1.41. The Labute approximate surface area is 74.5 Å². The van der Waals surface area contributed by atoms with E-state index in [4.69, 9.17) is 23.1 Å². The van der Waals surface area contributed by atoms with Gasteiger partial charge < -0.3 is 16.8 Å². The second-order valence-electron chi connectivity index (χ2n) is 2.23. The first-order chi connectivity index (χ1) is 5.59. The van der Waals surface area contributed by atoms with E-state index in [2.05, 4.69) is 5.32 Å². The molecule has 0 fully saturated rings. The average Bonchev–Trinajstić information content (AvgIpc) is 1.94. The highest BCUT2D eigenvalue weighted by molar-refractivity contribution is 6.33. The Balaban J connectivity index is 2.93. The zero-order valence-corrected chi connectivity index (χ0v) is 6.93. The molecule has 0 heterocycles. The largest absolute Gasteiger partial charge is 0.399 e. The first-order valence-electron chi connectivity index (χ1n) is 3.21. The Kier molecular flexibility index (Phi) is 2.40. The van der Waals surface area contributed by atoms with Crippen molar-refractivity contribution in [2.75, 3.05) is 11.1 Å². The number of hydrogen-bond acceptors (Lipinski definition) is 2. The summed E-state index contributed by atoms with van der Waals surface area (Å²) < 4.78 is 0. The number of nitrogen functional groups attached to an aromatic ring is 1. The zero-order chi connectivity index (χ0) is 9.14. The maximum Gasteiger partial charge on any atom is 0.316 e. The van der Waals surface area contributed by atoms with Crippen molar-refractivity contribution in [2.24, 2.45) is 5.73 Å². The van der Waals surface area contributed by atoms with Crippen LogP contribution in [-0.4, -0.2) is 6.03 Å². The summed E-state index contributed by atoms with van der Waals surface area (Å²) >= 11 is 5.72. The van der Waals surface area contributed by atoms with Crippen molar-refractivity contribution in [3.05, 3.63) is 23.2 Å². The van der Waals surface area contributed by atoms with Crippen LogP contribution in [0.3, 0.4) is 0 Å². The first-order valence-corrected chi connectivity index (χ1v) is 3.59. The van der Waals surface area contributed by atoms with Gasteiger partial charge in [0.25, 0.3) is 0 Å². The molecule has 0 radical (unpaired) electrons. The molecule has 0 aliphatic rings. The monoisotopic (exact) mass is 185 g/mol. The van der Waals surface area contributed by atoms with E-state index in [-0.39, 0.29) is 0 Å². The van der Waals surface area contributed by atoms with Crippen molar-refractivity contribution in [3.63, 3.8) is 0 Å². The lowest BCUT2D eigenvalue weighted by atomic mass is 10.3. The average molecular weight is 186 g/mol. The molecule has 2 amide bonds.